The summed E-state index contributed by atoms with van der Waals surface area (Å²) in [6.45, 7) is 0.697. The van der Waals surface area contributed by atoms with E-state index in [1.807, 2.05) is 12.1 Å². The third-order valence-corrected chi connectivity index (χ3v) is 3.69. The molecule has 1 aliphatic heterocycles. The fourth-order valence-corrected chi connectivity index (χ4v) is 2.76. The van der Waals surface area contributed by atoms with Gasteiger partial charge in [-0.2, -0.15) is 0 Å². The number of aromatic nitrogens is 1. The highest BCUT2D eigenvalue weighted by Gasteiger charge is 2.22. The van der Waals surface area contributed by atoms with Crippen LogP contribution in [0, 0.1) is 0 Å². The molecule has 0 saturated carbocycles. The lowest BCUT2D eigenvalue weighted by Crippen LogP contribution is -2.31. The molecule has 0 radical (unpaired) electrons. The van der Waals surface area contributed by atoms with Crippen LogP contribution in [0.1, 0.15) is 16.1 Å². The van der Waals surface area contributed by atoms with Crippen LogP contribution in [0.3, 0.4) is 0 Å². The van der Waals surface area contributed by atoms with E-state index in [0.717, 1.165) is 33.1 Å². The second-order valence-corrected chi connectivity index (χ2v) is 4.87. The van der Waals surface area contributed by atoms with Gasteiger partial charge >= 0.3 is 0 Å². The first-order valence-corrected chi connectivity index (χ1v) is 6.16. The number of hydrogen-bond donors (Lipinski definition) is 2. The van der Waals surface area contributed by atoms with Gasteiger partial charge in [-0.15, -0.1) is 0 Å². The molecular formula is C12H11BrN2O2. The molecule has 0 bridgehead atoms. The number of benzene rings is 1. The Morgan fingerprint density at radius 1 is 1.41 bits per heavy atom. The van der Waals surface area contributed by atoms with Gasteiger partial charge in [-0.1, -0.05) is 0 Å². The second kappa shape index (κ2) is 3.77. The van der Waals surface area contributed by atoms with Crippen LogP contribution < -0.4 is 10.1 Å². The monoisotopic (exact) mass is 294 g/mol. The van der Waals surface area contributed by atoms with E-state index in [1.54, 1.807) is 7.11 Å². The van der Waals surface area contributed by atoms with Crippen LogP contribution >= 0.6 is 15.9 Å². The lowest BCUT2D eigenvalue weighted by Gasteiger charge is -2.12. The molecule has 0 saturated heterocycles. The van der Waals surface area contributed by atoms with Gasteiger partial charge in [-0.3, -0.25) is 4.79 Å². The second-order valence-electron chi connectivity index (χ2n) is 4.02. The summed E-state index contributed by atoms with van der Waals surface area (Å²) in [5.74, 6) is 0.731. The summed E-state index contributed by atoms with van der Waals surface area (Å²) in [6.07, 6.45) is 0.861. The van der Waals surface area contributed by atoms with Crippen molar-refractivity contribution in [1.29, 1.82) is 0 Å². The average Bonchev–Trinajstić information content (AvgIpc) is 2.68. The van der Waals surface area contributed by atoms with Crippen molar-refractivity contribution in [2.24, 2.45) is 0 Å². The van der Waals surface area contributed by atoms with Crippen LogP contribution in [-0.4, -0.2) is 24.5 Å². The molecule has 2 aromatic rings. The van der Waals surface area contributed by atoms with Crippen molar-refractivity contribution in [3.8, 4) is 5.75 Å². The predicted octanol–water partition coefficient (Wildman–Crippen LogP) is 2.22. The van der Waals surface area contributed by atoms with E-state index in [9.17, 15) is 4.79 Å². The summed E-state index contributed by atoms with van der Waals surface area (Å²) in [5, 5.41) is 3.91. The van der Waals surface area contributed by atoms with Crippen LogP contribution in [0.2, 0.25) is 0 Å². The molecule has 0 unspecified atom stereocenters. The van der Waals surface area contributed by atoms with Crippen LogP contribution in [0.4, 0.5) is 0 Å². The molecule has 1 amide bonds. The Balaban J connectivity index is 2.31. The number of ether oxygens (including phenoxy) is 1. The minimum Gasteiger partial charge on any atom is -0.495 e. The molecule has 5 heteroatoms. The Labute approximate surface area is 106 Å². The first-order valence-electron chi connectivity index (χ1n) is 5.37. The minimum absolute atomic E-state index is 0.0301. The zero-order chi connectivity index (χ0) is 12.0. The predicted molar refractivity (Wildman–Crippen MR) is 68.6 cm³/mol. The van der Waals surface area contributed by atoms with E-state index in [1.165, 1.54) is 0 Å². The number of amides is 1. The number of halogens is 1. The smallest absolute Gasteiger partial charge is 0.268 e. The molecule has 1 aromatic heterocycles. The largest absolute Gasteiger partial charge is 0.495 e. The van der Waals surface area contributed by atoms with Crippen molar-refractivity contribution in [2.75, 3.05) is 13.7 Å². The van der Waals surface area contributed by atoms with Crippen molar-refractivity contribution >= 4 is 32.7 Å². The summed E-state index contributed by atoms with van der Waals surface area (Å²) in [7, 11) is 1.63. The third-order valence-electron chi connectivity index (χ3n) is 3.07. The highest BCUT2D eigenvalue weighted by molar-refractivity contribution is 9.10. The Bertz CT molecular complexity index is 618. The van der Waals surface area contributed by atoms with E-state index in [-0.39, 0.29) is 5.91 Å². The number of methoxy groups -OCH3 is 1. The summed E-state index contributed by atoms with van der Waals surface area (Å²) < 4.78 is 6.15. The number of carbonyl (C=O) groups excluding carboxylic acids is 1. The quantitative estimate of drug-likeness (QED) is 0.847. The Hall–Kier alpha value is -1.49. The molecule has 4 nitrogen and oxygen atoms in total. The topological polar surface area (TPSA) is 54.1 Å². The van der Waals surface area contributed by atoms with Crippen molar-refractivity contribution in [3.63, 3.8) is 0 Å². The highest BCUT2D eigenvalue weighted by atomic mass is 79.9. The summed E-state index contributed by atoms with van der Waals surface area (Å²) in [4.78, 5) is 14.9. The molecular weight excluding hydrogens is 284 g/mol. The number of carbonyl (C=O) groups is 1. The van der Waals surface area contributed by atoms with E-state index >= 15 is 0 Å². The van der Waals surface area contributed by atoms with Gasteiger partial charge in [-0.25, -0.2) is 0 Å². The third kappa shape index (κ3) is 1.53. The van der Waals surface area contributed by atoms with E-state index < -0.39 is 0 Å². The molecule has 0 aliphatic carbocycles. The average molecular weight is 295 g/mol. The first-order chi connectivity index (χ1) is 8.20. The summed E-state index contributed by atoms with van der Waals surface area (Å²) in [6, 6.07) is 3.91. The Morgan fingerprint density at radius 3 is 3.00 bits per heavy atom. The summed E-state index contributed by atoms with van der Waals surface area (Å²) in [5.41, 5.74) is 2.70. The number of fused-ring (bicyclic) bond motifs is 3. The van der Waals surface area contributed by atoms with Gasteiger partial charge in [-0.05, 0) is 34.0 Å². The number of H-pyrrole nitrogens is 1. The van der Waals surface area contributed by atoms with Gasteiger partial charge in [0.15, 0.2) is 0 Å². The molecule has 17 heavy (non-hydrogen) atoms. The van der Waals surface area contributed by atoms with Crippen LogP contribution in [-0.2, 0) is 6.42 Å². The maximum Gasteiger partial charge on any atom is 0.268 e. The summed E-state index contributed by atoms with van der Waals surface area (Å²) >= 11 is 3.47. The Kier molecular flexibility index (Phi) is 2.36. The molecule has 0 fully saturated rings. The van der Waals surface area contributed by atoms with E-state index in [2.05, 4.69) is 26.2 Å². The minimum atomic E-state index is -0.0301. The van der Waals surface area contributed by atoms with Crippen molar-refractivity contribution in [3.05, 3.63) is 27.9 Å². The van der Waals surface area contributed by atoms with Crippen LogP contribution in [0.15, 0.2) is 16.6 Å². The molecule has 3 rings (SSSR count). The van der Waals surface area contributed by atoms with Gasteiger partial charge in [0.2, 0.25) is 0 Å². The molecule has 2 N–H and O–H groups in total. The number of hydrogen-bond acceptors (Lipinski definition) is 2. The number of nitrogens with one attached hydrogen (secondary N) is 2. The van der Waals surface area contributed by atoms with Gasteiger partial charge in [0, 0.05) is 18.0 Å². The SMILES string of the molecule is COc1cc2[nH]c3c(c2cc1Br)CCNC3=O. The maximum atomic E-state index is 11.7. The first kappa shape index (κ1) is 10.7. The molecule has 1 aliphatic rings. The molecule has 0 spiro atoms. The molecule has 0 atom stereocenters. The fraction of sp³-hybridized carbons (Fsp3) is 0.250. The molecule has 88 valence electrons. The van der Waals surface area contributed by atoms with Crippen molar-refractivity contribution in [2.45, 2.75) is 6.42 Å². The molecule has 2 heterocycles. The fourth-order valence-electron chi connectivity index (χ4n) is 2.25. The zero-order valence-electron chi connectivity index (χ0n) is 9.26. The lowest BCUT2D eigenvalue weighted by atomic mass is 10.0. The molecule has 1 aromatic carbocycles. The normalized spacial score (nSPS) is 14.6. The zero-order valence-corrected chi connectivity index (χ0v) is 10.8. The van der Waals surface area contributed by atoms with E-state index in [0.29, 0.717) is 12.2 Å². The van der Waals surface area contributed by atoms with Crippen molar-refractivity contribution < 1.29 is 9.53 Å². The van der Waals surface area contributed by atoms with Gasteiger partial charge in [0.05, 0.1) is 17.1 Å². The lowest BCUT2D eigenvalue weighted by molar-refractivity contribution is 0.0942. The Morgan fingerprint density at radius 2 is 2.24 bits per heavy atom. The number of aromatic amines is 1. The van der Waals surface area contributed by atoms with Gasteiger partial charge in [0.1, 0.15) is 11.4 Å². The highest BCUT2D eigenvalue weighted by Crippen LogP contribution is 2.33. The standard InChI is InChI=1S/C12H11BrN2O2/c1-17-10-5-9-7(4-8(10)13)6-2-3-14-12(16)11(6)15-9/h4-5,15H,2-3H2,1H3,(H,14,16). The maximum absolute atomic E-state index is 11.7. The van der Waals surface area contributed by atoms with Crippen molar-refractivity contribution in [1.82, 2.24) is 10.3 Å². The van der Waals surface area contributed by atoms with Gasteiger partial charge < -0.3 is 15.0 Å². The number of rotatable bonds is 1. The van der Waals surface area contributed by atoms with E-state index in [4.69, 9.17) is 4.74 Å². The van der Waals surface area contributed by atoms with Crippen LogP contribution in [0.5, 0.6) is 5.75 Å². The van der Waals surface area contributed by atoms with Gasteiger partial charge in [0.25, 0.3) is 5.91 Å². The van der Waals surface area contributed by atoms with Crippen LogP contribution in [0.25, 0.3) is 10.9 Å².